The summed E-state index contributed by atoms with van der Waals surface area (Å²) in [7, 11) is 0. The molecule has 0 saturated carbocycles. The van der Waals surface area contributed by atoms with E-state index in [0.29, 0.717) is 17.2 Å². The maximum atomic E-state index is 12.7. The predicted octanol–water partition coefficient (Wildman–Crippen LogP) is 3.25. The van der Waals surface area contributed by atoms with Crippen molar-refractivity contribution < 1.29 is 9.53 Å². The number of rotatable bonds is 5. The van der Waals surface area contributed by atoms with Crippen LogP contribution < -0.4 is 5.32 Å². The Morgan fingerprint density at radius 2 is 2.12 bits per heavy atom. The van der Waals surface area contributed by atoms with Gasteiger partial charge < -0.3 is 4.74 Å². The number of carbonyl (C=O) groups excluding carboxylic acids is 1. The monoisotopic (exact) mass is 354 g/mol. The molecule has 1 aliphatic rings. The van der Waals surface area contributed by atoms with E-state index in [9.17, 15) is 4.79 Å². The summed E-state index contributed by atoms with van der Waals surface area (Å²) in [5, 5.41) is 11.0. The summed E-state index contributed by atoms with van der Waals surface area (Å²) < 4.78 is 7.42. The fraction of sp³-hybridized carbons (Fsp3) is 0.278. The largest absolute Gasteiger partial charge is 0.377 e. The Bertz CT molecular complexity index is 889. The van der Waals surface area contributed by atoms with E-state index in [1.807, 2.05) is 48.7 Å². The molecule has 4 rings (SSSR count). The lowest BCUT2D eigenvalue weighted by atomic mass is 10.2. The molecule has 1 amide bonds. The zero-order valence-corrected chi connectivity index (χ0v) is 14.4. The Balaban J connectivity index is 1.51. The highest BCUT2D eigenvalue weighted by atomic mass is 32.2. The van der Waals surface area contributed by atoms with Crippen molar-refractivity contribution in [3.05, 3.63) is 54.2 Å². The number of hydrogen-bond donors (Lipinski definition) is 1. The molecule has 1 atom stereocenters. The maximum Gasteiger partial charge on any atom is 0.259 e. The lowest BCUT2D eigenvalue weighted by Crippen LogP contribution is -2.15. The molecule has 6 nitrogen and oxygen atoms in total. The zero-order chi connectivity index (χ0) is 17.1. The Hall–Kier alpha value is -2.38. The van der Waals surface area contributed by atoms with Crippen LogP contribution in [0.2, 0.25) is 0 Å². The molecule has 25 heavy (non-hydrogen) atoms. The van der Waals surface area contributed by atoms with Gasteiger partial charge in [-0.25, -0.2) is 0 Å². The Morgan fingerprint density at radius 1 is 1.24 bits per heavy atom. The molecule has 3 heterocycles. The Morgan fingerprint density at radius 3 is 3.00 bits per heavy atom. The lowest BCUT2D eigenvalue weighted by Gasteiger charge is -2.12. The second-order valence-corrected chi connectivity index (χ2v) is 6.91. The highest BCUT2D eigenvalue weighted by molar-refractivity contribution is 7.99. The third kappa shape index (κ3) is 3.52. The second kappa shape index (κ2) is 7.25. The number of nitrogens with zero attached hydrogens (tertiary/aromatic N) is 3. The number of pyridine rings is 1. The van der Waals surface area contributed by atoms with Crippen molar-refractivity contribution >= 4 is 29.3 Å². The van der Waals surface area contributed by atoms with Gasteiger partial charge in [0, 0.05) is 23.5 Å². The molecule has 0 radical (unpaired) electrons. The van der Waals surface area contributed by atoms with E-state index in [2.05, 4.69) is 15.5 Å². The number of hydrogen-bond acceptors (Lipinski definition) is 5. The molecule has 1 N–H and O–H groups in total. The molecule has 1 saturated heterocycles. The average molecular weight is 354 g/mol. The van der Waals surface area contributed by atoms with Gasteiger partial charge >= 0.3 is 0 Å². The molecule has 0 aliphatic carbocycles. The van der Waals surface area contributed by atoms with Crippen molar-refractivity contribution in [2.75, 3.05) is 17.7 Å². The summed E-state index contributed by atoms with van der Waals surface area (Å²) >= 11 is 1.66. The Kier molecular flexibility index (Phi) is 4.67. The SMILES string of the molecule is O=C(Nc1nnc2ccccn12)c1ccccc1SCC1CCCO1. The normalized spacial score (nSPS) is 17.0. The summed E-state index contributed by atoms with van der Waals surface area (Å²) in [5.41, 5.74) is 1.33. The van der Waals surface area contributed by atoms with Gasteiger partial charge in [-0.3, -0.25) is 14.5 Å². The number of thioether (sulfide) groups is 1. The minimum absolute atomic E-state index is 0.186. The maximum absolute atomic E-state index is 12.7. The molecule has 0 bridgehead atoms. The minimum atomic E-state index is -0.186. The molecular weight excluding hydrogens is 336 g/mol. The fourth-order valence-electron chi connectivity index (χ4n) is 2.83. The van der Waals surface area contributed by atoms with Crippen molar-refractivity contribution in [2.24, 2.45) is 0 Å². The van der Waals surface area contributed by atoms with Crippen molar-refractivity contribution in [2.45, 2.75) is 23.8 Å². The second-order valence-electron chi connectivity index (χ2n) is 5.85. The number of carbonyl (C=O) groups is 1. The topological polar surface area (TPSA) is 68.5 Å². The first-order chi connectivity index (χ1) is 12.3. The average Bonchev–Trinajstić information content (AvgIpc) is 3.30. The molecule has 1 fully saturated rings. The number of fused-ring (bicyclic) bond motifs is 1. The van der Waals surface area contributed by atoms with Gasteiger partial charge in [-0.15, -0.1) is 22.0 Å². The van der Waals surface area contributed by atoms with Gasteiger partial charge in [0.2, 0.25) is 5.95 Å². The van der Waals surface area contributed by atoms with E-state index in [1.54, 1.807) is 16.2 Å². The van der Waals surface area contributed by atoms with Crippen LogP contribution >= 0.6 is 11.8 Å². The van der Waals surface area contributed by atoms with Gasteiger partial charge in [0.1, 0.15) is 0 Å². The lowest BCUT2D eigenvalue weighted by molar-refractivity contribution is 0.102. The number of anilines is 1. The first-order valence-corrected chi connectivity index (χ1v) is 9.24. The van der Waals surface area contributed by atoms with Crippen molar-refractivity contribution in [3.8, 4) is 0 Å². The third-order valence-corrected chi connectivity index (χ3v) is 5.32. The molecule has 0 spiro atoms. The van der Waals surface area contributed by atoms with Crippen LogP contribution in [-0.4, -0.2) is 39.0 Å². The third-order valence-electron chi connectivity index (χ3n) is 4.12. The summed E-state index contributed by atoms with van der Waals surface area (Å²) in [6, 6.07) is 13.2. The van der Waals surface area contributed by atoms with Gasteiger partial charge in [-0.1, -0.05) is 18.2 Å². The van der Waals surface area contributed by atoms with Crippen LogP contribution in [0.15, 0.2) is 53.6 Å². The fourth-order valence-corrected chi connectivity index (χ4v) is 3.95. The van der Waals surface area contributed by atoms with Crippen LogP contribution in [0, 0.1) is 0 Å². The van der Waals surface area contributed by atoms with Crippen LogP contribution in [0.3, 0.4) is 0 Å². The zero-order valence-electron chi connectivity index (χ0n) is 13.6. The van der Waals surface area contributed by atoms with Crippen molar-refractivity contribution in [1.29, 1.82) is 0 Å². The van der Waals surface area contributed by atoms with E-state index in [4.69, 9.17) is 4.74 Å². The summed E-state index contributed by atoms with van der Waals surface area (Å²) in [6.45, 7) is 0.841. The van der Waals surface area contributed by atoms with Crippen LogP contribution in [0.5, 0.6) is 0 Å². The molecule has 7 heteroatoms. The van der Waals surface area contributed by atoms with Crippen LogP contribution in [0.1, 0.15) is 23.2 Å². The van der Waals surface area contributed by atoms with Crippen molar-refractivity contribution in [1.82, 2.24) is 14.6 Å². The van der Waals surface area contributed by atoms with Gasteiger partial charge in [0.15, 0.2) is 5.65 Å². The van der Waals surface area contributed by atoms with Crippen LogP contribution in [0.4, 0.5) is 5.95 Å². The predicted molar refractivity (Wildman–Crippen MR) is 97.1 cm³/mol. The highest BCUT2D eigenvalue weighted by Crippen LogP contribution is 2.27. The molecule has 3 aromatic rings. The molecular formula is C18H18N4O2S. The number of amides is 1. The van der Waals surface area contributed by atoms with E-state index in [1.165, 1.54) is 0 Å². The Labute approximate surface area is 149 Å². The van der Waals surface area contributed by atoms with Gasteiger partial charge in [-0.05, 0) is 37.1 Å². The van der Waals surface area contributed by atoms with E-state index in [-0.39, 0.29) is 12.0 Å². The quantitative estimate of drug-likeness (QED) is 0.712. The molecule has 128 valence electrons. The molecule has 1 aliphatic heterocycles. The number of aromatic nitrogens is 3. The first-order valence-electron chi connectivity index (χ1n) is 8.26. The molecule has 1 unspecified atom stereocenters. The molecule has 1 aromatic carbocycles. The van der Waals surface area contributed by atoms with Crippen LogP contribution in [0.25, 0.3) is 5.65 Å². The first kappa shape index (κ1) is 16.1. The summed E-state index contributed by atoms with van der Waals surface area (Å²) in [4.78, 5) is 13.7. The smallest absolute Gasteiger partial charge is 0.259 e. The standard InChI is InChI=1S/C18H18N4O2S/c23-17(19-18-21-20-16-9-3-4-10-22(16)18)14-7-1-2-8-15(14)25-12-13-6-5-11-24-13/h1-4,7-10,13H,5-6,11-12H2,(H,19,21,23). The van der Waals surface area contributed by atoms with Gasteiger partial charge in [0.25, 0.3) is 5.91 Å². The minimum Gasteiger partial charge on any atom is -0.377 e. The summed E-state index contributed by atoms with van der Waals surface area (Å²) in [6.07, 6.45) is 4.31. The van der Waals surface area contributed by atoms with E-state index in [0.717, 1.165) is 30.1 Å². The van der Waals surface area contributed by atoms with Gasteiger partial charge in [0.05, 0.1) is 11.7 Å². The summed E-state index contributed by atoms with van der Waals surface area (Å²) in [5.74, 6) is 1.09. The van der Waals surface area contributed by atoms with Crippen molar-refractivity contribution in [3.63, 3.8) is 0 Å². The molecule has 2 aromatic heterocycles. The van der Waals surface area contributed by atoms with Crippen LogP contribution in [-0.2, 0) is 4.74 Å². The van der Waals surface area contributed by atoms with E-state index < -0.39 is 0 Å². The number of benzene rings is 1. The number of ether oxygens (including phenoxy) is 1. The van der Waals surface area contributed by atoms with Gasteiger partial charge in [-0.2, -0.15) is 0 Å². The van der Waals surface area contributed by atoms with E-state index >= 15 is 0 Å². The number of nitrogens with one attached hydrogen (secondary N) is 1. The highest BCUT2D eigenvalue weighted by Gasteiger charge is 2.18.